The lowest BCUT2D eigenvalue weighted by molar-refractivity contribution is -0.137. The Labute approximate surface area is 101 Å². The quantitative estimate of drug-likeness (QED) is 0.824. The lowest BCUT2D eigenvalue weighted by Gasteiger charge is -2.14. The van der Waals surface area contributed by atoms with Gasteiger partial charge < -0.3 is 5.11 Å². The van der Waals surface area contributed by atoms with Gasteiger partial charge in [0, 0.05) is 12.8 Å². The fraction of sp³-hybridized carbons (Fsp3) is 0.500. The van der Waals surface area contributed by atoms with E-state index in [1.54, 1.807) is 13.8 Å². The number of hydrogen-bond donors (Lipinski definition) is 1. The van der Waals surface area contributed by atoms with Crippen molar-refractivity contribution >= 4 is 5.97 Å². The zero-order valence-electron chi connectivity index (χ0n) is 10.4. The van der Waals surface area contributed by atoms with Gasteiger partial charge in [-0.05, 0) is 37.8 Å². The molecule has 0 bridgehead atoms. The summed E-state index contributed by atoms with van der Waals surface area (Å²) in [6.07, 6.45) is 1.92. The molecule has 0 unspecified atom stereocenters. The molecule has 0 amide bonds. The number of aliphatic carboxylic acids is 1. The molecule has 0 saturated carbocycles. The van der Waals surface area contributed by atoms with Crippen molar-refractivity contribution < 1.29 is 14.3 Å². The van der Waals surface area contributed by atoms with Gasteiger partial charge in [0.15, 0.2) is 0 Å². The van der Waals surface area contributed by atoms with Gasteiger partial charge >= 0.3 is 5.97 Å². The third-order valence-corrected chi connectivity index (χ3v) is 2.47. The maximum Gasteiger partial charge on any atom is 0.303 e. The lowest BCUT2D eigenvalue weighted by atomic mass is 9.97. The molecular formula is C14H19FO2. The van der Waals surface area contributed by atoms with Gasteiger partial charge in [-0.15, -0.1) is 0 Å². The van der Waals surface area contributed by atoms with Crippen molar-refractivity contribution in [3.05, 3.63) is 35.4 Å². The van der Waals surface area contributed by atoms with Crippen molar-refractivity contribution in [2.75, 3.05) is 0 Å². The van der Waals surface area contributed by atoms with Crippen LogP contribution < -0.4 is 0 Å². The molecule has 1 rings (SSSR count). The van der Waals surface area contributed by atoms with Crippen LogP contribution in [0, 0.1) is 0 Å². The Bertz CT molecular complexity index is 380. The van der Waals surface area contributed by atoms with Gasteiger partial charge in [-0.25, -0.2) is 4.39 Å². The van der Waals surface area contributed by atoms with E-state index in [0.29, 0.717) is 12.8 Å². The topological polar surface area (TPSA) is 37.3 Å². The zero-order valence-corrected chi connectivity index (χ0v) is 10.4. The molecule has 1 N–H and O–H groups in total. The second kappa shape index (κ2) is 5.80. The Morgan fingerprint density at radius 3 is 2.59 bits per heavy atom. The zero-order chi connectivity index (χ0) is 12.9. The first-order valence-electron chi connectivity index (χ1n) is 5.85. The first-order chi connectivity index (χ1) is 7.87. The van der Waals surface area contributed by atoms with Crippen molar-refractivity contribution in [3.8, 4) is 0 Å². The van der Waals surface area contributed by atoms with Crippen LogP contribution in [0.1, 0.15) is 37.8 Å². The molecule has 0 spiro atoms. The van der Waals surface area contributed by atoms with Gasteiger partial charge in [-0.1, -0.05) is 24.3 Å². The average Bonchev–Trinajstić information content (AvgIpc) is 2.14. The van der Waals surface area contributed by atoms with Gasteiger partial charge in [0.2, 0.25) is 0 Å². The number of aryl methyl sites for hydroxylation is 1. The summed E-state index contributed by atoms with van der Waals surface area (Å²) in [7, 11) is 0. The van der Waals surface area contributed by atoms with Crippen LogP contribution in [0.5, 0.6) is 0 Å². The summed E-state index contributed by atoms with van der Waals surface area (Å²) in [6, 6.07) is 7.72. The number of halogens is 1. The van der Waals surface area contributed by atoms with Crippen LogP contribution in [0.3, 0.4) is 0 Å². The monoisotopic (exact) mass is 238 g/mol. The molecule has 0 aliphatic carbocycles. The van der Waals surface area contributed by atoms with Gasteiger partial charge in [-0.3, -0.25) is 4.79 Å². The molecule has 17 heavy (non-hydrogen) atoms. The average molecular weight is 238 g/mol. The Balaban J connectivity index is 2.57. The minimum atomic E-state index is -1.21. The van der Waals surface area contributed by atoms with Crippen molar-refractivity contribution in [3.63, 3.8) is 0 Å². The van der Waals surface area contributed by atoms with E-state index in [0.717, 1.165) is 17.5 Å². The normalized spacial score (nSPS) is 11.5. The number of rotatable bonds is 6. The number of carboxylic acids is 1. The first-order valence-corrected chi connectivity index (χ1v) is 5.85. The van der Waals surface area contributed by atoms with Gasteiger partial charge in [0.1, 0.15) is 5.67 Å². The molecule has 1 aromatic carbocycles. The Morgan fingerprint density at radius 1 is 1.35 bits per heavy atom. The molecule has 2 nitrogen and oxygen atoms in total. The van der Waals surface area contributed by atoms with Crippen LogP contribution in [0.25, 0.3) is 0 Å². The minimum absolute atomic E-state index is 0.179. The van der Waals surface area contributed by atoms with Crippen LogP contribution in [-0.2, 0) is 17.6 Å². The highest BCUT2D eigenvalue weighted by atomic mass is 19.1. The Hall–Kier alpha value is -1.38. The fourth-order valence-corrected chi connectivity index (χ4v) is 1.82. The van der Waals surface area contributed by atoms with E-state index in [1.165, 1.54) is 0 Å². The predicted octanol–water partition coefficient (Wildman–Crippen LogP) is 3.38. The molecule has 0 aromatic heterocycles. The van der Waals surface area contributed by atoms with Crippen molar-refractivity contribution in [2.45, 2.75) is 45.2 Å². The standard InChI is InChI=1S/C14H19FO2/c1-14(2,15)10-12-7-3-5-11(9-12)6-4-8-13(16)17/h3,5,7,9H,4,6,8,10H2,1-2H3,(H,16,17). The summed E-state index contributed by atoms with van der Waals surface area (Å²) >= 11 is 0. The number of carboxylic acid groups (broad SMARTS) is 1. The smallest absolute Gasteiger partial charge is 0.303 e. The molecule has 1 aromatic rings. The minimum Gasteiger partial charge on any atom is -0.481 e. The summed E-state index contributed by atoms with van der Waals surface area (Å²) in [5.74, 6) is -0.772. The Morgan fingerprint density at radius 2 is 2.00 bits per heavy atom. The SMILES string of the molecule is CC(C)(F)Cc1cccc(CCCC(=O)O)c1. The van der Waals surface area contributed by atoms with Gasteiger partial charge in [0.05, 0.1) is 0 Å². The highest BCUT2D eigenvalue weighted by molar-refractivity contribution is 5.66. The molecule has 0 saturated heterocycles. The third kappa shape index (κ3) is 6.05. The van der Waals surface area contributed by atoms with Gasteiger partial charge in [-0.2, -0.15) is 0 Å². The van der Waals surface area contributed by atoms with E-state index in [1.807, 2.05) is 24.3 Å². The van der Waals surface area contributed by atoms with E-state index < -0.39 is 11.6 Å². The molecule has 3 heteroatoms. The molecule has 0 aliphatic heterocycles. The molecule has 0 fully saturated rings. The summed E-state index contributed by atoms with van der Waals surface area (Å²) in [5.41, 5.74) is 0.831. The maximum atomic E-state index is 13.5. The Kier molecular flexibility index (Phi) is 4.67. The van der Waals surface area contributed by atoms with E-state index in [-0.39, 0.29) is 6.42 Å². The number of hydrogen-bond acceptors (Lipinski definition) is 1. The van der Waals surface area contributed by atoms with Crippen LogP contribution in [0.2, 0.25) is 0 Å². The van der Waals surface area contributed by atoms with Crippen LogP contribution in [0.4, 0.5) is 4.39 Å². The first kappa shape index (κ1) is 13.7. The van der Waals surface area contributed by atoms with Crippen molar-refractivity contribution in [2.24, 2.45) is 0 Å². The van der Waals surface area contributed by atoms with E-state index in [4.69, 9.17) is 5.11 Å². The van der Waals surface area contributed by atoms with E-state index >= 15 is 0 Å². The van der Waals surface area contributed by atoms with Gasteiger partial charge in [0.25, 0.3) is 0 Å². The second-order valence-corrected chi connectivity index (χ2v) is 4.96. The fourth-order valence-electron chi connectivity index (χ4n) is 1.82. The molecule has 94 valence electrons. The van der Waals surface area contributed by atoms with Crippen LogP contribution in [0.15, 0.2) is 24.3 Å². The summed E-state index contributed by atoms with van der Waals surface area (Å²) in [4.78, 5) is 10.4. The number of carbonyl (C=O) groups is 1. The molecule has 0 radical (unpaired) electrons. The maximum absolute atomic E-state index is 13.5. The second-order valence-electron chi connectivity index (χ2n) is 4.96. The molecule has 0 heterocycles. The van der Waals surface area contributed by atoms with E-state index in [9.17, 15) is 9.18 Å². The predicted molar refractivity (Wildman–Crippen MR) is 65.9 cm³/mol. The van der Waals surface area contributed by atoms with Crippen molar-refractivity contribution in [1.82, 2.24) is 0 Å². The highest BCUT2D eigenvalue weighted by Crippen LogP contribution is 2.18. The van der Waals surface area contributed by atoms with E-state index in [2.05, 4.69) is 0 Å². The third-order valence-electron chi connectivity index (χ3n) is 2.47. The number of alkyl halides is 1. The highest BCUT2D eigenvalue weighted by Gasteiger charge is 2.16. The lowest BCUT2D eigenvalue weighted by Crippen LogP contribution is -2.15. The van der Waals surface area contributed by atoms with Crippen LogP contribution >= 0.6 is 0 Å². The number of benzene rings is 1. The summed E-state index contributed by atoms with van der Waals surface area (Å²) in [5, 5.41) is 8.55. The molecule has 0 aliphatic rings. The summed E-state index contributed by atoms with van der Waals surface area (Å²) < 4.78 is 13.5. The van der Waals surface area contributed by atoms with Crippen molar-refractivity contribution in [1.29, 1.82) is 0 Å². The summed E-state index contributed by atoms with van der Waals surface area (Å²) in [6.45, 7) is 3.12. The molecular weight excluding hydrogens is 219 g/mol. The largest absolute Gasteiger partial charge is 0.481 e. The molecule has 0 atom stereocenters. The van der Waals surface area contributed by atoms with Crippen LogP contribution in [-0.4, -0.2) is 16.7 Å².